The molecule has 0 saturated heterocycles. The molecule has 170 valence electrons. The van der Waals surface area contributed by atoms with Crippen molar-refractivity contribution in [3.8, 4) is 5.75 Å². The van der Waals surface area contributed by atoms with Crippen molar-refractivity contribution in [1.29, 1.82) is 0 Å². The third-order valence-corrected chi connectivity index (χ3v) is 5.84. The molecule has 3 heterocycles. The highest BCUT2D eigenvalue weighted by molar-refractivity contribution is 5.78. The van der Waals surface area contributed by atoms with Crippen LogP contribution in [0.3, 0.4) is 0 Å². The lowest BCUT2D eigenvalue weighted by Gasteiger charge is -2.18. The van der Waals surface area contributed by atoms with E-state index in [-0.39, 0.29) is 12.5 Å². The molecule has 0 spiro atoms. The standard InChI is InChI=1S/C25H27N5O3/c31-25(18-32-20-7-2-1-3-8-20)26-12-10-23-27-28-24-11-13-29(14-15-30(23)24)17-21-16-19-6-4-5-9-22(19)33-21/h1-9,16H,10-15,17-18H2,(H,26,31). The number of rotatable bonds is 8. The van der Waals surface area contributed by atoms with E-state index in [0.717, 1.165) is 61.0 Å². The third-order valence-electron chi connectivity index (χ3n) is 5.84. The lowest BCUT2D eigenvalue weighted by molar-refractivity contribution is -0.123. The topological polar surface area (TPSA) is 85.4 Å². The molecule has 8 heteroatoms. The summed E-state index contributed by atoms with van der Waals surface area (Å²) >= 11 is 0. The Hall–Kier alpha value is -3.65. The van der Waals surface area contributed by atoms with Gasteiger partial charge in [0.1, 0.15) is 28.7 Å². The zero-order valence-electron chi connectivity index (χ0n) is 18.4. The van der Waals surface area contributed by atoms with E-state index in [1.54, 1.807) is 0 Å². The fraction of sp³-hybridized carbons (Fsp3) is 0.320. The summed E-state index contributed by atoms with van der Waals surface area (Å²) in [7, 11) is 0. The highest BCUT2D eigenvalue weighted by atomic mass is 16.5. The number of nitrogens with one attached hydrogen (secondary N) is 1. The lowest BCUT2D eigenvalue weighted by Crippen LogP contribution is -2.31. The molecule has 0 bridgehead atoms. The first-order valence-electron chi connectivity index (χ1n) is 11.3. The summed E-state index contributed by atoms with van der Waals surface area (Å²) in [6.07, 6.45) is 1.47. The van der Waals surface area contributed by atoms with Crippen molar-refractivity contribution >= 4 is 16.9 Å². The van der Waals surface area contributed by atoms with E-state index in [2.05, 4.69) is 37.1 Å². The zero-order valence-corrected chi connectivity index (χ0v) is 18.4. The monoisotopic (exact) mass is 445 g/mol. The number of benzene rings is 2. The summed E-state index contributed by atoms with van der Waals surface area (Å²) in [5, 5.41) is 12.8. The number of amides is 1. The maximum absolute atomic E-state index is 12.1. The normalized spacial score (nSPS) is 14.1. The summed E-state index contributed by atoms with van der Waals surface area (Å²) in [6.45, 7) is 3.90. The summed E-state index contributed by atoms with van der Waals surface area (Å²) in [5.74, 6) is 3.42. The Morgan fingerprint density at radius 1 is 1.03 bits per heavy atom. The largest absolute Gasteiger partial charge is 0.484 e. The van der Waals surface area contributed by atoms with Gasteiger partial charge in [-0.3, -0.25) is 9.69 Å². The van der Waals surface area contributed by atoms with Gasteiger partial charge in [-0.1, -0.05) is 36.4 Å². The highest BCUT2D eigenvalue weighted by Crippen LogP contribution is 2.21. The fourth-order valence-corrected chi connectivity index (χ4v) is 4.14. The van der Waals surface area contributed by atoms with E-state index < -0.39 is 0 Å². The number of aromatic nitrogens is 3. The zero-order chi connectivity index (χ0) is 22.5. The van der Waals surface area contributed by atoms with Gasteiger partial charge >= 0.3 is 0 Å². The number of nitrogens with zero attached hydrogens (tertiary/aromatic N) is 4. The molecule has 8 nitrogen and oxygen atoms in total. The van der Waals surface area contributed by atoms with Crippen LogP contribution in [0.2, 0.25) is 0 Å². The van der Waals surface area contributed by atoms with Gasteiger partial charge in [-0.25, -0.2) is 0 Å². The van der Waals surface area contributed by atoms with Crippen LogP contribution in [-0.2, 0) is 30.7 Å². The van der Waals surface area contributed by atoms with Gasteiger partial charge in [-0.05, 0) is 24.3 Å². The second-order valence-corrected chi connectivity index (χ2v) is 8.16. The van der Waals surface area contributed by atoms with Gasteiger partial charge in [0.05, 0.1) is 6.54 Å². The molecule has 1 N–H and O–H groups in total. The van der Waals surface area contributed by atoms with Gasteiger partial charge in [0.25, 0.3) is 5.91 Å². The predicted octanol–water partition coefficient (Wildman–Crippen LogP) is 2.82. The number of para-hydroxylation sites is 2. The van der Waals surface area contributed by atoms with E-state index in [9.17, 15) is 4.79 Å². The van der Waals surface area contributed by atoms with Gasteiger partial charge in [0.2, 0.25) is 0 Å². The maximum Gasteiger partial charge on any atom is 0.257 e. The van der Waals surface area contributed by atoms with Crippen molar-refractivity contribution in [2.24, 2.45) is 0 Å². The molecule has 0 saturated carbocycles. The Morgan fingerprint density at radius 2 is 1.88 bits per heavy atom. The first-order valence-corrected chi connectivity index (χ1v) is 11.3. The number of carbonyl (C=O) groups excluding carboxylic acids is 1. The van der Waals surface area contributed by atoms with E-state index >= 15 is 0 Å². The average Bonchev–Trinajstić information content (AvgIpc) is 3.37. The molecule has 1 aliphatic rings. The van der Waals surface area contributed by atoms with Crippen LogP contribution in [0, 0.1) is 0 Å². The van der Waals surface area contributed by atoms with Crippen LogP contribution in [0.25, 0.3) is 11.0 Å². The van der Waals surface area contributed by atoms with Crippen molar-refractivity contribution in [1.82, 2.24) is 25.0 Å². The molecule has 4 aromatic rings. The number of hydrogen-bond acceptors (Lipinski definition) is 6. The van der Waals surface area contributed by atoms with Crippen molar-refractivity contribution in [3.05, 3.63) is 78.1 Å². The maximum atomic E-state index is 12.1. The van der Waals surface area contributed by atoms with Gasteiger partial charge in [0, 0.05) is 44.4 Å². The minimum absolute atomic E-state index is 0.00129. The van der Waals surface area contributed by atoms with Crippen molar-refractivity contribution in [2.75, 3.05) is 26.2 Å². The molecule has 0 atom stereocenters. The van der Waals surface area contributed by atoms with Crippen molar-refractivity contribution < 1.29 is 13.9 Å². The Bertz CT molecular complexity index is 1180. The number of carbonyl (C=O) groups is 1. The van der Waals surface area contributed by atoms with Crippen molar-refractivity contribution in [2.45, 2.75) is 25.9 Å². The van der Waals surface area contributed by atoms with Crippen LogP contribution in [0.4, 0.5) is 0 Å². The Labute approximate surface area is 192 Å². The molecule has 5 rings (SSSR count). The first kappa shape index (κ1) is 21.2. The Kier molecular flexibility index (Phi) is 6.34. The smallest absolute Gasteiger partial charge is 0.257 e. The van der Waals surface area contributed by atoms with E-state index in [4.69, 9.17) is 9.15 Å². The molecular formula is C25H27N5O3. The van der Waals surface area contributed by atoms with Crippen LogP contribution < -0.4 is 10.1 Å². The van der Waals surface area contributed by atoms with Gasteiger partial charge in [-0.2, -0.15) is 0 Å². The van der Waals surface area contributed by atoms with E-state index in [0.29, 0.717) is 18.7 Å². The third kappa shape index (κ3) is 5.23. The first-order chi connectivity index (χ1) is 16.2. The number of fused-ring (bicyclic) bond motifs is 2. The molecule has 0 aliphatic carbocycles. The summed E-state index contributed by atoms with van der Waals surface area (Å²) in [5.41, 5.74) is 0.929. The quantitative estimate of drug-likeness (QED) is 0.449. The molecule has 1 amide bonds. The molecule has 33 heavy (non-hydrogen) atoms. The highest BCUT2D eigenvalue weighted by Gasteiger charge is 2.19. The van der Waals surface area contributed by atoms with Crippen molar-refractivity contribution in [3.63, 3.8) is 0 Å². The summed E-state index contributed by atoms with van der Waals surface area (Å²) in [6, 6.07) is 19.5. The predicted molar refractivity (Wildman–Crippen MR) is 124 cm³/mol. The van der Waals surface area contributed by atoms with Crippen LogP contribution in [0.15, 0.2) is 65.1 Å². The van der Waals surface area contributed by atoms with E-state index in [1.165, 1.54) is 0 Å². The molecule has 2 aromatic heterocycles. The Balaban J connectivity index is 1.11. The van der Waals surface area contributed by atoms with Crippen LogP contribution in [0.1, 0.15) is 17.4 Å². The number of furan rings is 1. The van der Waals surface area contributed by atoms with Crippen LogP contribution >= 0.6 is 0 Å². The fourth-order valence-electron chi connectivity index (χ4n) is 4.14. The van der Waals surface area contributed by atoms with Crippen LogP contribution in [-0.4, -0.2) is 51.8 Å². The van der Waals surface area contributed by atoms with Gasteiger partial charge in [0.15, 0.2) is 6.61 Å². The summed E-state index contributed by atoms with van der Waals surface area (Å²) < 4.78 is 13.7. The minimum atomic E-state index is -0.147. The molecule has 0 radical (unpaired) electrons. The van der Waals surface area contributed by atoms with Crippen LogP contribution in [0.5, 0.6) is 5.75 Å². The molecule has 0 unspecified atom stereocenters. The second-order valence-electron chi connectivity index (χ2n) is 8.16. The SMILES string of the molecule is O=C(COc1ccccc1)NCCc1nnc2n1CCN(Cc1cc3ccccc3o1)CC2. The molecule has 0 fully saturated rings. The minimum Gasteiger partial charge on any atom is -0.484 e. The molecular weight excluding hydrogens is 418 g/mol. The van der Waals surface area contributed by atoms with Gasteiger partial charge < -0.3 is 19.0 Å². The number of hydrogen-bond donors (Lipinski definition) is 1. The lowest BCUT2D eigenvalue weighted by atomic mass is 10.2. The second kappa shape index (κ2) is 9.87. The number of ether oxygens (including phenoxy) is 1. The van der Waals surface area contributed by atoms with E-state index in [1.807, 2.05) is 48.5 Å². The average molecular weight is 446 g/mol. The Morgan fingerprint density at radius 3 is 2.76 bits per heavy atom. The molecule has 2 aromatic carbocycles. The molecule has 1 aliphatic heterocycles. The summed E-state index contributed by atoms with van der Waals surface area (Å²) in [4.78, 5) is 14.5. The van der Waals surface area contributed by atoms with Gasteiger partial charge in [-0.15, -0.1) is 10.2 Å².